The van der Waals surface area contributed by atoms with Crippen LogP contribution in [-0.2, 0) is 4.79 Å². The van der Waals surface area contributed by atoms with Crippen LogP contribution in [0.25, 0.3) is 0 Å². The molecule has 7 heteroatoms. The molecule has 110 valence electrons. The Morgan fingerprint density at radius 2 is 1.95 bits per heavy atom. The maximum Gasteiger partial charge on any atom is 0.238 e. The first-order valence-corrected chi connectivity index (χ1v) is 9.52. The predicted octanol–water partition coefficient (Wildman–Crippen LogP) is 2.72. The molecule has 1 saturated heterocycles. The lowest BCUT2D eigenvalue weighted by molar-refractivity contribution is -0.117. The molecule has 1 heterocycles. The molecule has 1 aliphatic rings. The Hall–Kier alpha value is 0.800. The van der Waals surface area contributed by atoms with Crippen LogP contribution in [0, 0.1) is 16.6 Å². The maximum atomic E-state index is 12.2. The van der Waals surface area contributed by atoms with Gasteiger partial charge in [-0.05, 0) is 85.8 Å². The van der Waals surface area contributed by atoms with Gasteiger partial charge in [-0.1, -0.05) is 6.92 Å². The highest BCUT2D eigenvalue weighted by atomic mass is 127. The van der Waals surface area contributed by atoms with Crippen molar-refractivity contribution < 1.29 is 4.79 Å². The average Bonchev–Trinajstić information content (AvgIpc) is 2.63. The van der Waals surface area contributed by atoms with Crippen molar-refractivity contribution in [2.24, 2.45) is 11.7 Å². The van der Waals surface area contributed by atoms with E-state index in [2.05, 4.69) is 97.0 Å². The van der Waals surface area contributed by atoms with Gasteiger partial charge in [-0.2, -0.15) is 0 Å². The number of hydrogen-bond acceptors (Lipinski definition) is 3. The second kappa shape index (κ2) is 7.38. The molecule has 2 atom stereocenters. The van der Waals surface area contributed by atoms with E-state index in [1.54, 1.807) is 0 Å². The van der Waals surface area contributed by atoms with Gasteiger partial charge in [-0.15, -0.1) is 0 Å². The van der Waals surface area contributed by atoms with Crippen LogP contribution in [0.2, 0.25) is 0 Å². The second-order valence-electron chi connectivity index (χ2n) is 5.13. The second-order valence-corrected chi connectivity index (χ2v) is 8.70. The van der Waals surface area contributed by atoms with Crippen LogP contribution >= 0.6 is 67.8 Å². The predicted molar refractivity (Wildman–Crippen MR) is 107 cm³/mol. The summed E-state index contributed by atoms with van der Waals surface area (Å²) in [7, 11) is 0. The molecular formula is C13H16I3N3O. The maximum absolute atomic E-state index is 12.2. The number of benzene rings is 1. The van der Waals surface area contributed by atoms with Crippen molar-refractivity contribution in [3.8, 4) is 0 Å². The third-order valence-corrected chi connectivity index (χ3v) is 5.71. The van der Waals surface area contributed by atoms with Crippen LogP contribution in [0.5, 0.6) is 0 Å². The smallest absolute Gasteiger partial charge is 0.238 e. The molecule has 0 bridgehead atoms. The quantitative estimate of drug-likeness (QED) is 0.518. The number of hydrogen-bond donors (Lipinski definition) is 2. The van der Waals surface area contributed by atoms with E-state index in [4.69, 9.17) is 5.73 Å². The van der Waals surface area contributed by atoms with Gasteiger partial charge in [0.15, 0.2) is 0 Å². The molecular weight excluding hydrogens is 595 g/mol. The molecule has 4 nitrogen and oxygen atoms in total. The average molecular weight is 611 g/mol. The fourth-order valence-electron chi connectivity index (χ4n) is 2.27. The summed E-state index contributed by atoms with van der Waals surface area (Å²) in [6.45, 7) is 4.24. The van der Waals surface area contributed by atoms with Gasteiger partial charge in [0.2, 0.25) is 5.91 Å². The molecule has 1 aromatic rings. The van der Waals surface area contributed by atoms with E-state index in [1.165, 1.54) is 3.57 Å². The minimum Gasteiger partial charge on any atom is -0.326 e. The largest absolute Gasteiger partial charge is 0.326 e. The zero-order valence-electron chi connectivity index (χ0n) is 11.0. The number of nitrogens with two attached hydrogens (primary N) is 1. The lowest BCUT2D eigenvalue weighted by Crippen LogP contribution is -2.34. The number of carbonyl (C=O) groups is 1. The Labute approximate surface area is 160 Å². The van der Waals surface area contributed by atoms with Gasteiger partial charge in [0.25, 0.3) is 0 Å². The van der Waals surface area contributed by atoms with E-state index < -0.39 is 0 Å². The normalized spacial score (nSPS) is 23.1. The molecule has 3 N–H and O–H groups in total. The summed E-state index contributed by atoms with van der Waals surface area (Å²) in [4.78, 5) is 14.3. The van der Waals surface area contributed by atoms with Crippen molar-refractivity contribution in [1.82, 2.24) is 4.90 Å². The summed E-state index contributed by atoms with van der Waals surface area (Å²) in [5.74, 6) is 0.490. The SMILES string of the molecule is CC1CN(CC(=O)Nc2c(I)cc(I)cc2I)CC1N. The van der Waals surface area contributed by atoms with Crippen molar-refractivity contribution in [2.45, 2.75) is 13.0 Å². The van der Waals surface area contributed by atoms with Crippen molar-refractivity contribution in [3.05, 3.63) is 22.8 Å². The first kappa shape index (κ1) is 17.2. The van der Waals surface area contributed by atoms with Crippen LogP contribution < -0.4 is 11.1 Å². The van der Waals surface area contributed by atoms with Crippen molar-refractivity contribution in [2.75, 3.05) is 25.0 Å². The minimum absolute atomic E-state index is 0.0309. The summed E-state index contributed by atoms with van der Waals surface area (Å²) < 4.78 is 3.31. The molecule has 20 heavy (non-hydrogen) atoms. The number of likely N-dealkylation sites (tertiary alicyclic amines) is 1. The number of anilines is 1. The van der Waals surface area contributed by atoms with Gasteiger partial charge in [0, 0.05) is 29.8 Å². The Bertz CT molecular complexity index is 491. The topological polar surface area (TPSA) is 58.4 Å². The highest BCUT2D eigenvalue weighted by Crippen LogP contribution is 2.27. The highest BCUT2D eigenvalue weighted by molar-refractivity contribution is 14.1. The van der Waals surface area contributed by atoms with Crippen LogP contribution in [0.3, 0.4) is 0 Å². The minimum atomic E-state index is 0.0309. The lowest BCUT2D eigenvalue weighted by atomic mass is 10.1. The van der Waals surface area contributed by atoms with E-state index in [-0.39, 0.29) is 11.9 Å². The van der Waals surface area contributed by atoms with Gasteiger partial charge in [-0.3, -0.25) is 9.69 Å². The monoisotopic (exact) mass is 611 g/mol. The molecule has 0 aromatic heterocycles. The molecule has 1 amide bonds. The van der Waals surface area contributed by atoms with Crippen molar-refractivity contribution in [3.63, 3.8) is 0 Å². The Morgan fingerprint density at radius 3 is 2.45 bits per heavy atom. The van der Waals surface area contributed by atoms with Gasteiger partial charge >= 0.3 is 0 Å². The van der Waals surface area contributed by atoms with Crippen molar-refractivity contribution >= 4 is 79.4 Å². The first-order valence-electron chi connectivity index (χ1n) is 6.29. The summed E-state index contributed by atoms with van der Waals surface area (Å²) in [5.41, 5.74) is 6.90. The fourth-order valence-corrected chi connectivity index (χ4v) is 6.12. The highest BCUT2D eigenvalue weighted by Gasteiger charge is 2.27. The molecule has 0 radical (unpaired) electrons. The van der Waals surface area contributed by atoms with Gasteiger partial charge in [0.1, 0.15) is 0 Å². The zero-order valence-corrected chi connectivity index (χ0v) is 17.5. The first-order chi connectivity index (χ1) is 9.36. The summed E-state index contributed by atoms with van der Waals surface area (Å²) in [6, 6.07) is 4.31. The Kier molecular flexibility index (Phi) is 6.33. The molecule has 1 fully saturated rings. The number of rotatable bonds is 3. The molecule has 1 aliphatic heterocycles. The zero-order chi connectivity index (χ0) is 14.9. The number of nitrogens with zero attached hydrogens (tertiary/aromatic N) is 1. The molecule has 2 rings (SSSR count). The van der Waals surface area contributed by atoms with E-state index in [9.17, 15) is 4.79 Å². The third-order valence-electron chi connectivity index (χ3n) is 3.38. The summed E-state index contributed by atoms with van der Waals surface area (Å²) >= 11 is 6.80. The standard InChI is InChI=1S/C13H16I3N3O/c1-7-4-19(5-11(7)17)6-12(20)18-13-9(15)2-8(14)3-10(13)16/h2-3,7,11H,4-6,17H2,1H3,(H,18,20). The van der Waals surface area contributed by atoms with Crippen LogP contribution in [0.15, 0.2) is 12.1 Å². The molecule has 0 aliphatic carbocycles. The number of amides is 1. The van der Waals surface area contributed by atoms with E-state index in [0.29, 0.717) is 12.5 Å². The lowest BCUT2D eigenvalue weighted by Gasteiger charge is -2.16. The van der Waals surface area contributed by atoms with E-state index in [1.807, 2.05) is 0 Å². The number of halogens is 3. The van der Waals surface area contributed by atoms with E-state index >= 15 is 0 Å². The van der Waals surface area contributed by atoms with Gasteiger partial charge < -0.3 is 11.1 Å². The molecule has 2 unspecified atom stereocenters. The summed E-state index contributed by atoms with van der Waals surface area (Å²) in [5, 5.41) is 3.02. The summed E-state index contributed by atoms with van der Waals surface area (Å²) in [6.07, 6.45) is 0. The number of nitrogens with one attached hydrogen (secondary N) is 1. The van der Waals surface area contributed by atoms with Gasteiger partial charge in [0.05, 0.1) is 12.2 Å². The number of carbonyl (C=O) groups excluding carboxylic acids is 1. The molecule has 0 spiro atoms. The Morgan fingerprint density at radius 1 is 1.35 bits per heavy atom. The van der Waals surface area contributed by atoms with Crippen molar-refractivity contribution in [1.29, 1.82) is 0 Å². The van der Waals surface area contributed by atoms with Crippen LogP contribution in [0.4, 0.5) is 5.69 Å². The fraction of sp³-hybridized carbons (Fsp3) is 0.462. The van der Waals surface area contributed by atoms with Crippen LogP contribution in [0.1, 0.15) is 6.92 Å². The van der Waals surface area contributed by atoms with Gasteiger partial charge in [-0.25, -0.2) is 0 Å². The van der Waals surface area contributed by atoms with Crippen LogP contribution in [-0.4, -0.2) is 36.5 Å². The molecule has 1 aromatic carbocycles. The molecule has 0 saturated carbocycles. The van der Waals surface area contributed by atoms with E-state index in [0.717, 1.165) is 25.9 Å². The third kappa shape index (κ3) is 4.40. The Balaban J connectivity index is 1.99.